The predicted octanol–water partition coefficient (Wildman–Crippen LogP) is 4.01. The molecule has 1 aromatic heterocycles. The molecule has 6 nitrogen and oxygen atoms in total. The van der Waals surface area contributed by atoms with E-state index in [0.717, 1.165) is 15.5 Å². The molecule has 0 spiro atoms. The highest BCUT2D eigenvalue weighted by atomic mass is 32.1. The van der Waals surface area contributed by atoms with E-state index in [1.165, 1.54) is 7.11 Å². The van der Waals surface area contributed by atoms with Gasteiger partial charge in [0.05, 0.1) is 24.7 Å². The van der Waals surface area contributed by atoms with Crippen molar-refractivity contribution >= 4 is 29.1 Å². The first kappa shape index (κ1) is 22.3. The van der Waals surface area contributed by atoms with Crippen LogP contribution in [0.5, 0.6) is 0 Å². The molecule has 162 valence electrons. The highest BCUT2D eigenvalue weighted by Crippen LogP contribution is 2.47. The smallest absolute Gasteiger partial charge is 0.337 e. The van der Waals surface area contributed by atoms with Crippen LogP contribution in [0.25, 0.3) is 0 Å². The number of rotatable bonds is 5. The molecule has 1 aliphatic heterocycles. The van der Waals surface area contributed by atoms with Crippen molar-refractivity contribution in [1.29, 1.82) is 0 Å². The fourth-order valence-corrected chi connectivity index (χ4v) is 5.17. The number of thiophene rings is 1. The van der Waals surface area contributed by atoms with Gasteiger partial charge in [-0.05, 0) is 51.7 Å². The van der Waals surface area contributed by atoms with E-state index in [4.69, 9.17) is 9.47 Å². The van der Waals surface area contributed by atoms with E-state index in [2.05, 4.69) is 5.32 Å². The number of dihydropyridines is 1. The molecule has 0 aromatic carbocycles. The van der Waals surface area contributed by atoms with Crippen molar-refractivity contribution in [3.63, 3.8) is 0 Å². The topological polar surface area (TPSA) is 81.7 Å². The lowest BCUT2D eigenvalue weighted by Gasteiger charge is -2.38. The van der Waals surface area contributed by atoms with Crippen molar-refractivity contribution in [2.24, 2.45) is 11.8 Å². The van der Waals surface area contributed by atoms with Crippen LogP contribution in [0.1, 0.15) is 56.2 Å². The molecule has 0 saturated carbocycles. The van der Waals surface area contributed by atoms with Crippen molar-refractivity contribution in [2.45, 2.75) is 59.5 Å². The van der Waals surface area contributed by atoms with Crippen LogP contribution < -0.4 is 5.32 Å². The maximum Gasteiger partial charge on any atom is 0.337 e. The van der Waals surface area contributed by atoms with Crippen LogP contribution in [-0.2, 0) is 23.9 Å². The van der Waals surface area contributed by atoms with Gasteiger partial charge in [-0.15, -0.1) is 11.3 Å². The van der Waals surface area contributed by atoms with Gasteiger partial charge >= 0.3 is 11.9 Å². The minimum atomic E-state index is -0.871. The number of nitrogens with one attached hydrogen (secondary N) is 1. The molecule has 2 aliphatic rings. The second-order valence-electron chi connectivity index (χ2n) is 8.11. The maximum atomic E-state index is 13.5. The first-order chi connectivity index (χ1) is 14.2. The average molecular weight is 432 g/mol. The van der Waals surface area contributed by atoms with Crippen molar-refractivity contribution in [3.8, 4) is 0 Å². The van der Waals surface area contributed by atoms with Gasteiger partial charge in [-0.3, -0.25) is 9.59 Å². The maximum absolute atomic E-state index is 13.5. The third kappa shape index (κ3) is 3.95. The van der Waals surface area contributed by atoms with Gasteiger partial charge in [0, 0.05) is 26.7 Å². The zero-order valence-corrected chi connectivity index (χ0v) is 19.1. The second kappa shape index (κ2) is 8.76. The molecule has 4 atom stereocenters. The molecule has 0 saturated heterocycles. The normalized spacial score (nSPS) is 24.9. The van der Waals surface area contributed by atoms with Crippen molar-refractivity contribution in [2.75, 3.05) is 7.11 Å². The van der Waals surface area contributed by atoms with Crippen LogP contribution in [-0.4, -0.2) is 30.9 Å². The first-order valence-electron chi connectivity index (χ1n) is 10.3. The Labute approximate surface area is 181 Å². The number of methoxy groups -OCH3 is 1. The van der Waals surface area contributed by atoms with Gasteiger partial charge in [0.1, 0.15) is 5.92 Å². The van der Waals surface area contributed by atoms with Crippen molar-refractivity contribution in [1.82, 2.24) is 5.32 Å². The molecule has 1 N–H and O–H groups in total. The summed E-state index contributed by atoms with van der Waals surface area (Å²) in [7, 11) is 1.30. The lowest BCUT2D eigenvalue weighted by molar-refractivity contribution is -0.151. The Balaban J connectivity index is 2.13. The van der Waals surface area contributed by atoms with Gasteiger partial charge in [0.25, 0.3) is 0 Å². The third-order valence-corrected chi connectivity index (χ3v) is 6.96. The Kier molecular flexibility index (Phi) is 6.50. The number of allylic oxidation sites excluding steroid dienone is 3. The quantitative estimate of drug-likeness (QED) is 0.560. The Morgan fingerprint density at radius 2 is 2.00 bits per heavy atom. The largest absolute Gasteiger partial charge is 0.468 e. The fraction of sp³-hybridized carbons (Fsp3) is 0.522. The standard InChI is InChI=1S/C23H29NO5S/c1-7-12(3)29-23(27)18-14(5)24-15-10-11(2)17(22(26)28-6)21(25)19(15)20(18)16-9-8-13(4)30-16/h8-9,11-12,17,20,24H,7,10H2,1-6H3. The number of aryl methyl sites for hydroxylation is 1. The van der Waals surface area contributed by atoms with E-state index in [-0.39, 0.29) is 17.8 Å². The highest BCUT2D eigenvalue weighted by molar-refractivity contribution is 7.12. The van der Waals surface area contributed by atoms with Crippen LogP contribution in [0.3, 0.4) is 0 Å². The number of ether oxygens (including phenoxy) is 2. The van der Waals surface area contributed by atoms with E-state index >= 15 is 0 Å². The van der Waals surface area contributed by atoms with Gasteiger partial charge in [0.15, 0.2) is 5.78 Å². The fourth-order valence-electron chi connectivity index (χ4n) is 4.17. The van der Waals surface area contributed by atoms with Gasteiger partial charge < -0.3 is 14.8 Å². The van der Waals surface area contributed by atoms with E-state index in [0.29, 0.717) is 29.7 Å². The van der Waals surface area contributed by atoms with Gasteiger partial charge in [-0.1, -0.05) is 13.8 Å². The Morgan fingerprint density at radius 3 is 2.57 bits per heavy atom. The summed E-state index contributed by atoms with van der Waals surface area (Å²) >= 11 is 1.54. The summed E-state index contributed by atoms with van der Waals surface area (Å²) in [5.74, 6) is -2.86. The third-order valence-electron chi connectivity index (χ3n) is 5.89. The molecule has 0 radical (unpaired) electrons. The summed E-state index contributed by atoms with van der Waals surface area (Å²) in [4.78, 5) is 41.1. The van der Waals surface area contributed by atoms with E-state index in [1.54, 1.807) is 11.3 Å². The number of esters is 2. The average Bonchev–Trinajstić information content (AvgIpc) is 3.12. The van der Waals surface area contributed by atoms with Gasteiger partial charge in [-0.2, -0.15) is 0 Å². The zero-order valence-electron chi connectivity index (χ0n) is 18.3. The molecule has 1 aliphatic carbocycles. The van der Waals surface area contributed by atoms with Crippen molar-refractivity contribution in [3.05, 3.63) is 44.4 Å². The Hall–Kier alpha value is -2.41. The summed E-state index contributed by atoms with van der Waals surface area (Å²) in [6.45, 7) is 9.50. The molecule has 30 heavy (non-hydrogen) atoms. The molecule has 0 fully saturated rings. The SMILES string of the molecule is CCC(C)OC(=O)C1=C(C)NC2=C(C(=O)C(C(=O)OC)C(C)C2)C1c1ccc(C)s1. The molecule has 1 aromatic rings. The molecule has 2 heterocycles. The van der Waals surface area contributed by atoms with Crippen molar-refractivity contribution < 1.29 is 23.9 Å². The number of hydrogen-bond acceptors (Lipinski definition) is 7. The summed E-state index contributed by atoms with van der Waals surface area (Å²) in [6, 6.07) is 3.92. The zero-order chi connectivity index (χ0) is 22.2. The molecule has 4 unspecified atom stereocenters. The molecule has 3 rings (SSSR count). The summed E-state index contributed by atoms with van der Waals surface area (Å²) in [5.41, 5.74) is 2.38. The van der Waals surface area contributed by atoms with Crippen LogP contribution >= 0.6 is 11.3 Å². The molecule has 0 amide bonds. The molecular weight excluding hydrogens is 402 g/mol. The monoisotopic (exact) mass is 431 g/mol. The van der Waals surface area contributed by atoms with Gasteiger partial charge in [0.2, 0.25) is 0 Å². The minimum Gasteiger partial charge on any atom is -0.468 e. The molecule has 7 heteroatoms. The predicted molar refractivity (Wildman–Crippen MR) is 115 cm³/mol. The summed E-state index contributed by atoms with van der Waals surface area (Å²) in [6.07, 6.45) is 0.999. The number of carbonyl (C=O) groups excluding carboxylic acids is 3. The molecule has 0 bridgehead atoms. The second-order valence-corrected chi connectivity index (χ2v) is 9.43. The number of ketones is 1. The van der Waals surface area contributed by atoms with Crippen LogP contribution in [0.15, 0.2) is 34.7 Å². The van der Waals surface area contributed by atoms with Crippen LogP contribution in [0, 0.1) is 18.8 Å². The van der Waals surface area contributed by atoms with Gasteiger partial charge in [-0.25, -0.2) is 4.79 Å². The lowest BCUT2D eigenvalue weighted by Crippen LogP contribution is -2.43. The highest BCUT2D eigenvalue weighted by Gasteiger charge is 2.47. The van der Waals surface area contributed by atoms with Crippen LogP contribution in [0.2, 0.25) is 0 Å². The Bertz CT molecular complexity index is 941. The van der Waals surface area contributed by atoms with E-state index in [1.807, 2.05) is 46.8 Å². The Morgan fingerprint density at radius 1 is 1.30 bits per heavy atom. The summed E-state index contributed by atoms with van der Waals surface area (Å²) in [5, 5.41) is 3.28. The molecular formula is C23H29NO5S. The lowest BCUT2D eigenvalue weighted by atomic mass is 9.70. The number of carbonyl (C=O) groups is 3. The number of hydrogen-bond donors (Lipinski definition) is 1. The minimum absolute atomic E-state index is 0.191. The van der Waals surface area contributed by atoms with E-state index in [9.17, 15) is 14.4 Å². The number of Topliss-reactive ketones (excluding diaryl/α,β-unsaturated/α-hetero) is 1. The first-order valence-corrected chi connectivity index (χ1v) is 11.1. The van der Waals surface area contributed by atoms with E-state index < -0.39 is 23.8 Å². The summed E-state index contributed by atoms with van der Waals surface area (Å²) < 4.78 is 10.6. The van der Waals surface area contributed by atoms with Crippen LogP contribution in [0.4, 0.5) is 0 Å².